The number of fused-ring (bicyclic) bond motifs is 1. The molecule has 13 heavy (non-hydrogen) atoms. The number of hydrogen-bond acceptors (Lipinski definition) is 3. The molecular formula is C8H7N3O2. The van der Waals surface area contributed by atoms with Crippen molar-refractivity contribution in [2.45, 2.75) is 6.92 Å². The van der Waals surface area contributed by atoms with Gasteiger partial charge in [0.2, 0.25) is 0 Å². The third-order valence-electron chi connectivity index (χ3n) is 1.73. The van der Waals surface area contributed by atoms with Gasteiger partial charge >= 0.3 is 5.97 Å². The van der Waals surface area contributed by atoms with Crippen molar-refractivity contribution in [3.05, 3.63) is 30.0 Å². The summed E-state index contributed by atoms with van der Waals surface area (Å²) in [7, 11) is 0. The van der Waals surface area contributed by atoms with E-state index in [0.29, 0.717) is 5.65 Å². The summed E-state index contributed by atoms with van der Waals surface area (Å²) in [6, 6.07) is 1.79. The van der Waals surface area contributed by atoms with Crippen molar-refractivity contribution in [1.29, 1.82) is 0 Å². The van der Waals surface area contributed by atoms with Crippen LogP contribution in [0.2, 0.25) is 0 Å². The maximum atomic E-state index is 10.7. The Hall–Kier alpha value is -1.91. The Bertz CT molecular complexity index is 475. The lowest BCUT2D eigenvalue weighted by Crippen LogP contribution is -1.99. The molecule has 0 aliphatic heterocycles. The first-order chi connectivity index (χ1) is 6.18. The van der Waals surface area contributed by atoms with E-state index < -0.39 is 5.97 Å². The highest BCUT2D eigenvalue weighted by Gasteiger charge is 2.12. The van der Waals surface area contributed by atoms with E-state index >= 15 is 0 Å². The van der Waals surface area contributed by atoms with Gasteiger partial charge < -0.3 is 5.11 Å². The Morgan fingerprint density at radius 1 is 1.62 bits per heavy atom. The van der Waals surface area contributed by atoms with Crippen molar-refractivity contribution in [3.8, 4) is 0 Å². The fraction of sp³-hybridized carbons (Fsp3) is 0.125. The molecule has 0 saturated heterocycles. The average molecular weight is 177 g/mol. The van der Waals surface area contributed by atoms with Crippen LogP contribution in [0.25, 0.3) is 5.65 Å². The number of carboxylic acids is 1. The second kappa shape index (κ2) is 2.55. The summed E-state index contributed by atoms with van der Waals surface area (Å²) < 4.78 is 1.58. The Balaban J connectivity index is 2.79. The third kappa shape index (κ3) is 1.14. The molecule has 0 saturated carbocycles. The topological polar surface area (TPSA) is 67.5 Å². The van der Waals surface area contributed by atoms with Gasteiger partial charge in [-0.15, -0.1) is 0 Å². The first kappa shape index (κ1) is 7.72. The van der Waals surface area contributed by atoms with E-state index in [1.54, 1.807) is 23.6 Å². The Kier molecular flexibility index (Phi) is 1.51. The standard InChI is InChI=1S/C8H7N3O2/c1-5-2-3-11-4-9-6(8(12)13)7(11)10-5/h2-4H,1H3,(H,12,13). The van der Waals surface area contributed by atoms with Crippen molar-refractivity contribution in [3.63, 3.8) is 0 Å². The summed E-state index contributed by atoms with van der Waals surface area (Å²) >= 11 is 0. The zero-order valence-corrected chi connectivity index (χ0v) is 6.93. The quantitative estimate of drug-likeness (QED) is 0.697. The lowest BCUT2D eigenvalue weighted by molar-refractivity contribution is 0.0693. The van der Waals surface area contributed by atoms with Crippen LogP contribution < -0.4 is 0 Å². The second-order valence-electron chi connectivity index (χ2n) is 2.70. The number of imidazole rings is 1. The third-order valence-corrected chi connectivity index (χ3v) is 1.73. The molecule has 0 fully saturated rings. The first-order valence-corrected chi connectivity index (χ1v) is 3.72. The van der Waals surface area contributed by atoms with Gasteiger partial charge in [0.1, 0.15) is 6.33 Å². The number of nitrogens with zero attached hydrogens (tertiary/aromatic N) is 3. The summed E-state index contributed by atoms with van der Waals surface area (Å²) in [5.74, 6) is -1.06. The van der Waals surface area contributed by atoms with E-state index in [-0.39, 0.29) is 5.69 Å². The van der Waals surface area contributed by atoms with Crippen LogP contribution in [0.1, 0.15) is 16.2 Å². The predicted octanol–water partition coefficient (Wildman–Crippen LogP) is 0.736. The molecule has 0 atom stereocenters. The number of aromatic nitrogens is 3. The molecule has 0 amide bonds. The molecular weight excluding hydrogens is 170 g/mol. The van der Waals surface area contributed by atoms with Crippen LogP contribution in [-0.4, -0.2) is 25.4 Å². The summed E-state index contributed by atoms with van der Waals surface area (Å²) in [4.78, 5) is 18.5. The van der Waals surface area contributed by atoms with Crippen LogP contribution in [0.3, 0.4) is 0 Å². The number of carbonyl (C=O) groups is 1. The molecule has 0 aromatic carbocycles. The van der Waals surface area contributed by atoms with E-state index in [1.807, 2.05) is 0 Å². The molecule has 0 radical (unpaired) electrons. The molecule has 0 aliphatic carbocycles. The highest BCUT2D eigenvalue weighted by atomic mass is 16.4. The molecule has 2 aromatic heterocycles. The Morgan fingerprint density at radius 2 is 2.38 bits per heavy atom. The minimum atomic E-state index is -1.06. The highest BCUT2D eigenvalue weighted by molar-refractivity contribution is 5.92. The van der Waals surface area contributed by atoms with E-state index in [2.05, 4.69) is 9.97 Å². The smallest absolute Gasteiger partial charge is 0.358 e. The number of aromatic carboxylic acids is 1. The number of hydrogen-bond donors (Lipinski definition) is 1. The van der Waals surface area contributed by atoms with Gasteiger partial charge in [0, 0.05) is 11.9 Å². The number of carboxylic acid groups (broad SMARTS) is 1. The van der Waals surface area contributed by atoms with E-state index in [9.17, 15) is 4.79 Å². The average Bonchev–Trinajstić information content (AvgIpc) is 2.46. The molecule has 2 aromatic rings. The van der Waals surface area contributed by atoms with E-state index in [4.69, 9.17) is 5.11 Å². The summed E-state index contributed by atoms with van der Waals surface area (Å²) in [5.41, 5.74) is 1.15. The summed E-state index contributed by atoms with van der Waals surface area (Å²) in [6.07, 6.45) is 3.17. The molecule has 0 bridgehead atoms. The van der Waals surface area contributed by atoms with Crippen LogP contribution in [0, 0.1) is 6.92 Å². The van der Waals surface area contributed by atoms with Crippen LogP contribution >= 0.6 is 0 Å². The highest BCUT2D eigenvalue weighted by Crippen LogP contribution is 2.06. The normalized spacial score (nSPS) is 10.5. The largest absolute Gasteiger partial charge is 0.476 e. The van der Waals surface area contributed by atoms with Crippen molar-refractivity contribution < 1.29 is 9.90 Å². The Morgan fingerprint density at radius 3 is 3.08 bits per heavy atom. The molecule has 0 aliphatic rings. The zero-order chi connectivity index (χ0) is 9.42. The molecule has 5 nitrogen and oxygen atoms in total. The van der Waals surface area contributed by atoms with E-state index in [0.717, 1.165) is 5.69 Å². The number of rotatable bonds is 1. The lowest BCUT2D eigenvalue weighted by atomic mass is 10.4. The van der Waals surface area contributed by atoms with Gasteiger partial charge in [-0.2, -0.15) is 0 Å². The van der Waals surface area contributed by atoms with Gasteiger partial charge in [0.25, 0.3) is 0 Å². The van der Waals surface area contributed by atoms with Crippen LogP contribution in [-0.2, 0) is 0 Å². The first-order valence-electron chi connectivity index (χ1n) is 3.72. The summed E-state index contributed by atoms with van der Waals surface area (Å²) in [6.45, 7) is 1.80. The van der Waals surface area contributed by atoms with Crippen LogP contribution in [0.5, 0.6) is 0 Å². The van der Waals surface area contributed by atoms with Gasteiger partial charge in [0.15, 0.2) is 11.3 Å². The van der Waals surface area contributed by atoms with Crippen LogP contribution in [0.15, 0.2) is 18.6 Å². The van der Waals surface area contributed by atoms with Gasteiger partial charge in [-0.25, -0.2) is 14.8 Å². The molecule has 2 heterocycles. The fourth-order valence-corrected chi connectivity index (χ4v) is 1.12. The maximum absolute atomic E-state index is 10.7. The van der Waals surface area contributed by atoms with Crippen molar-refractivity contribution >= 4 is 11.6 Å². The molecule has 0 unspecified atom stereocenters. The van der Waals surface area contributed by atoms with Gasteiger partial charge in [-0.3, -0.25) is 4.40 Å². The van der Waals surface area contributed by atoms with Crippen molar-refractivity contribution in [1.82, 2.24) is 14.4 Å². The Labute approximate surface area is 73.7 Å². The van der Waals surface area contributed by atoms with Crippen molar-refractivity contribution in [2.75, 3.05) is 0 Å². The van der Waals surface area contributed by atoms with Gasteiger partial charge in [-0.1, -0.05) is 0 Å². The summed E-state index contributed by atoms with van der Waals surface area (Å²) in [5, 5.41) is 8.75. The zero-order valence-electron chi connectivity index (χ0n) is 6.93. The SMILES string of the molecule is Cc1ccn2cnc(C(=O)O)c2n1. The van der Waals surface area contributed by atoms with Gasteiger partial charge in [-0.05, 0) is 13.0 Å². The molecule has 5 heteroatoms. The van der Waals surface area contributed by atoms with E-state index in [1.165, 1.54) is 6.33 Å². The second-order valence-corrected chi connectivity index (χ2v) is 2.70. The van der Waals surface area contributed by atoms with Gasteiger partial charge in [0.05, 0.1) is 0 Å². The molecule has 0 spiro atoms. The lowest BCUT2D eigenvalue weighted by Gasteiger charge is -1.94. The number of aryl methyl sites for hydroxylation is 1. The minimum Gasteiger partial charge on any atom is -0.476 e. The molecule has 1 N–H and O–H groups in total. The minimum absolute atomic E-state index is 0.0105. The predicted molar refractivity (Wildman–Crippen MR) is 44.7 cm³/mol. The molecule has 66 valence electrons. The van der Waals surface area contributed by atoms with Crippen molar-refractivity contribution in [2.24, 2.45) is 0 Å². The maximum Gasteiger partial charge on any atom is 0.358 e. The monoisotopic (exact) mass is 177 g/mol. The van der Waals surface area contributed by atoms with Crippen LogP contribution in [0.4, 0.5) is 0 Å². The fourth-order valence-electron chi connectivity index (χ4n) is 1.12. The molecule has 2 rings (SSSR count).